The van der Waals surface area contributed by atoms with Gasteiger partial charge >= 0.3 is 5.97 Å². The number of carbonyl (C=O) groups is 1. The number of rotatable bonds is 4. The van der Waals surface area contributed by atoms with Gasteiger partial charge in [0.05, 0.1) is 0 Å². The average molecular weight is 391 g/mol. The Labute approximate surface area is 144 Å². The molecule has 0 N–H and O–H groups in total. The molecule has 0 unspecified atom stereocenters. The highest BCUT2D eigenvalue weighted by Crippen LogP contribution is 2.20. The molecule has 0 radical (unpaired) electrons. The van der Waals surface area contributed by atoms with Gasteiger partial charge in [0.2, 0.25) is 5.82 Å². The summed E-state index contributed by atoms with van der Waals surface area (Å²) in [5, 5.41) is 7.65. The van der Waals surface area contributed by atoms with Gasteiger partial charge in [0.15, 0.2) is 12.3 Å². The van der Waals surface area contributed by atoms with Gasteiger partial charge in [0, 0.05) is 23.2 Å². The number of hydrogen-bond donors (Lipinski definition) is 0. The standard InChI is InChI=1S/C15H11BrN4O4/c1-20-13(21)6-5-11(18-20)15(22)23-8-12-17-14(19-24-12)9-3-2-4-10(16)7-9/h2-7H,8H2,1H3. The van der Waals surface area contributed by atoms with E-state index in [2.05, 4.69) is 31.2 Å². The van der Waals surface area contributed by atoms with Gasteiger partial charge in [-0.2, -0.15) is 10.1 Å². The van der Waals surface area contributed by atoms with Crippen LogP contribution in [0.4, 0.5) is 0 Å². The molecule has 1 aromatic carbocycles. The molecule has 0 saturated carbocycles. The Kier molecular flexibility index (Phi) is 4.52. The van der Waals surface area contributed by atoms with Crippen molar-refractivity contribution >= 4 is 21.9 Å². The molecule has 0 bridgehead atoms. The largest absolute Gasteiger partial charge is 0.451 e. The van der Waals surface area contributed by atoms with E-state index in [0.717, 1.165) is 14.7 Å². The molecule has 0 fully saturated rings. The maximum absolute atomic E-state index is 11.9. The Bertz CT molecular complexity index is 950. The van der Waals surface area contributed by atoms with Crippen molar-refractivity contribution in [2.75, 3.05) is 0 Å². The Balaban J connectivity index is 1.68. The van der Waals surface area contributed by atoms with E-state index in [-0.39, 0.29) is 23.8 Å². The van der Waals surface area contributed by atoms with E-state index in [0.29, 0.717) is 5.82 Å². The highest BCUT2D eigenvalue weighted by Gasteiger charge is 2.14. The molecule has 8 nitrogen and oxygen atoms in total. The van der Waals surface area contributed by atoms with Crippen molar-refractivity contribution in [3.05, 3.63) is 62.8 Å². The first-order valence-electron chi connectivity index (χ1n) is 6.83. The monoisotopic (exact) mass is 390 g/mol. The SMILES string of the molecule is Cn1nc(C(=O)OCc2nc(-c3cccc(Br)c3)no2)ccc1=O. The Hall–Kier alpha value is -2.81. The zero-order chi connectivity index (χ0) is 17.1. The number of halogens is 1. The third-order valence-electron chi connectivity index (χ3n) is 3.05. The van der Waals surface area contributed by atoms with Crippen molar-refractivity contribution in [1.82, 2.24) is 19.9 Å². The minimum Gasteiger partial charge on any atom is -0.451 e. The topological polar surface area (TPSA) is 100 Å². The van der Waals surface area contributed by atoms with Crippen LogP contribution in [0, 0.1) is 0 Å². The molecule has 0 aliphatic rings. The summed E-state index contributed by atoms with van der Waals surface area (Å²) in [5.41, 5.74) is 0.469. The molecule has 0 amide bonds. The molecule has 0 saturated heterocycles. The Morgan fingerprint density at radius 2 is 2.17 bits per heavy atom. The molecule has 122 valence electrons. The van der Waals surface area contributed by atoms with Crippen molar-refractivity contribution < 1.29 is 14.1 Å². The summed E-state index contributed by atoms with van der Waals surface area (Å²) in [5.74, 6) is -0.140. The fourth-order valence-electron chi connectivity index (χ4n) is 1.87. The number of nitrogens with zero attached hydrogens (tertiary/aromatic N) is 4. The fraction of sp³-hybridized carbons (Fsp3) is 0.133. The number of carbonyl (C=O) groups excluding carboxylic acids is 1. The molecular weight excluding hydrogens is 380 g/mol. The number of hydrogen-bond acceptors (Lipinski definition) is 7. The maximum Gasteiger partial charge on any atom is 0.359 e. The van der Waals surface area contributed by atoms with Crippen LogP contribution in [-0.4, -0.2) is 25.9 Å². The van der Waals surface area contributed by atoms with Gasteiger partial charge in [0.1, 0.15) is 0 Å². The molecule has 2 aromatic heterocycles. The Morgan fingerprint density at radius 3 is 2.92 bits per heavy atom. The van der Waals surface area contributed by atoms with Crippen LogP contribution in [0.3, 0.4) is 0 Å². The second-order valence-corrected chi connectivity index (χ2v) is 5.69. The lowest BCUT2D eigenvalue weighted by molar-refractivity contribution is 0.0420. The van der Waals surface area contributed by atoms with Gasteiger partial charge in [-0.1, -0.05) is 33.2 Å². The number of aryl methyl sites for hydroxylation is 1. The predicted octanol–water partition coefficient (Wildman–Crippen LogP) is 1.95. The summed E-state index contributed by atoms with van der Waals surface area (Å²) in [4.78, 5) is 27.3. The number of benzene rings is 1. The smallest absolute Gasteiger partial charge is 0.359 e. The van der Waals surface area contributed by atoms with Gasteiger partial charge in [0.25, 0.3) is 11.4 Å². The van der Waals surface area contributed by atoms with Crippen molar-refractivity contribution in [3.63, 3.8) is 0 Å². The summed E-state index contributed by atoms with van der Waals surface area (Å²) in [6, 6.07) is 9.94. The highest BCUT2D eigenvalue weighted by molar-refractivity contribution is 9.10. The number of aromatic nitrogens is 4. The summed E-state index contributed by atoms with van der Waals surface area (Å²) >= 11 is 3.37. The van der Waals surface area contributed by atoms with Gasteiger partial charge in [-0.05, 0) is 18.2 Å². The molecule has 0 aliphatic heterocycles. The van der Waals surface area contributed by atoms with Crippen LogP contribution in [0.15, 0.2) is 50.2 Å². The van der Waals surface area contributed by atoms with Crippen LogP contribution >= 0.6 is 15.9 Å². The second kappa shape index (κ2) is 6.75. The quantitative estimate of drug-likeness (QED) is 0.627. The van der Waals surface area contributed by atoms with Crippen LogP contribution in [0.1, 0.15) is 16.4 Å². The summed E-state index contributed by atoms with van der Waals surface area (Å²) < 4.78 is 12.1. The third kappa shape index (κ3) is 3.57. The van der Waals surface area contributed by atoms with Crippen LogP contribution in [0.25, 0.3) is 11.4 Å². The Morgan fingerprint density at radius 1 is 1.33 bits per heavy atom. The molecule has 0 atom stereocenters. The van der Waals surface area contributed by atoms with Gasteiger partial charge in [-0.15, -0.1) is 0 Å². The van der Waals surface area contributed by atoms with E-state index < -0.39 is 5.97 Å². The summed E-state index contributed by atoms with van der Waals surface area (Å²) in [6.07, 6.45) is 0. The van der Waals surface area contributed by atoms with Crippen LogP contribution in [0.2, 0.25) is 0 Å². The zero-order valence-corrected chi connectivity index (χ0v) is 14.1. The van der Waals surface area contributed by atoms with E-state index in [4.69, 9.17) is 9.26 Å². The molecule has 2 heterocycles. The van der Waals surface area contributed by atoms with Crippen molar-refractivity contribution in [2.45, 2.75) is 6.61 Å². The molecule has 3 aromatic rings. The first kappa shape index (κ1) is 16.1. The molecule has 3 rings (SSSR count). The van der Waals surface area contributed by atoms with Crippen molar-refractivity contribution in [2.24, 2.45) is 7.05 Å². The van der Waals surface area contributed by atoms with E-state index in [9.17, 15) is 9.59 Å². The zero-order valence-electron chi connectivity index (χ0n) is 12.5. The lowest BCUT2D eigenvalue weighted by Gasteiger charge is -2.02. The maximum atomic E-state index is 11.9. The van der Waals surface area contributed by atoms with E-state index >= 15 is 0 Å². The van der Waals surface area contributed by atoms with Crippen molar-refractivity contribution in [3.8, 4) is 11.4 Å². The third-order valence-corrected chi connectivity index (χ3v) is 3.54. The minimum absolute atomic E-state index is 0.0174. The summed E-state index contributed by atoms with van der Waals surface area (Å²) in [7, 11) is 1.45. The van der Waals surface area contributed by atoms with Crippen LogP contribution in [0.5, 0.6) is 0 Å². The van der Waals surface area contributed by atoms with Gasteiger partial charge < -0.3 is 9.26 Å². The molecular formula is C15H11BrN4O4. The van der Waals surface area contributed by atoms with Crippen LogP contribution < -0.4 is 5.56 Å². The molecule has 0 aliphatic carbocycles. The van der Waals surface area contributed by atoms with Crippen molar-refractivity contribution in [1.29, 1.82) is 0 Å². The van der Waals surface area contributed by atoms with Gasteiger partial charge in [-0.25, -0.2) is 9.48 Å². The van der Waals surface area contributed by atoms with Crippen LogP contribution in [-0.2, 0) is 18.4 Å². The lowest BCUT2D eigenvalue weighted by Crippen LogP contribution is -2.21. The lowest BCUT2D eigenvalue weighted by atomic mass is 10.2. The fourth-order valence-corrected chi connectivity index (χ4v) is 2.27. The van der Waals surface area contributed by atoms with E-state index in [1.54, 1.807) is 0 Å². The highest BCUT2D eigenvalue weighted by atomic mass is 79.9. The normalized spacial score (nSPS) is 10.6. The molecule has 24 heavy (non-hydrogen) atoms. The number of esters is 1. The summed E-state index contributed by atoms with van der Waals surface area (Å²) in [6.45, 7) is -0.190. The van der Waals surface area contributed by atoms with Gasteiger partial charge in [-0.3, -0.25) is 4.79 Å². The molecule has 0 spiro atoms. The predicted molar refractivity (Wildman–Crippen MR) is 86.0 cm³/mol. The number of ether oxygens (including phenoxy) is 1. The second-order valence-electron chi connectivity index (χ2n) is 4.78. The first-order chi connectivity index (χ1) is 11.5. The van der Waals surface area contributed by atoms with E-state index in [1.165, 1.54) is 19.2 Å². The minimum atomic E-state index is -0.687. The first-order valence-corrected chi connectivity index (χ1v) is 7.62. The van der Waals surface area contributed by atoms with E-state index in [1.807, 2.05) is 24.3 Å². The molecule has 9 heteroatoms. The average Bonchev–Trinajstić information content (AvgIpc) is 3.04.